The highest BCUT2D eigenvalue weighted by Crippen LogP contribution is 2.41. The van der Waals surface area contributed by atoms with E-state index >= 15 is 0 Å². The fourth-order valence-electron chi connectivity index (χ4n) is 0.748. The number of carbonyl (C=O) groups excluding carboxylic acids is 1. The van der Waals surface area contributed by atoms with Crippen LogP contribution in [0.15, 0.2) is 6.07 Å². The van der Waals surface area contributed by atoms with Crippen molar-refractivity contribution in [3.63, 3.8) is 0 Å². The van der Waals surface area contributed by atoms with Crippen molar-refractivity contribution in [2.75, 3.05) is 0 Å². The quantitative estimate of drug-likeness (QED) is 0.743. The van der Waals surface area contributed by atoms with E-state index in [9.17, 15) is 9.90 Å². The van der Waals surface area contributed by atoms with Gasteiger partial charge in [0.15, 0.2) is 5.75 Å². The van der Waals surface area contributed by atoms with Gasteiger partial charge in [-0.2, -0.15) is 0 Å². The van der Waals surface area contributed by atoms with Crippen LogP contribution in [0.5, 0.6) is 11.5 Å². The lowest BCUT2D eigenvalue weighted by Crippen LogP contribution is -1.90. The Balaban J connectivity index is 3.50. The molecule has 0 heterocycles. The Kier molecular flexibility index (Phi) is 2.91. The first-order chi connectivity index (χ1) is 5.95. The Morgan fingerprint density at radius 2 is 1.77 bits per heavy atom. The normalized spacial score (nSPS) is 10.1. The van der Waals surface area contributed by atoms with Crippen molar-refractivity contribution in [1.29, 1.82) is 0 Å². The van der Waals surface area contributed by atoms with Crippen molar-refractivity contribution in [1.82, 2.24) is 0 Å². The third-order valence-electron chi connectivity index (χ3n) is 1.38. The van der Waals surface area contributed by atoms with Crippen LogP contribution >= 0.6 is 34.8 Å². The highest BCUT2D eigenvalue weighted by Gasteiger charge is 2.18. The molecule has 0 amide bonds. The van der Waals surface area contributed by atoms with Crippen LogP contribution in [0.2, 0.25) is 10.0 Å². The van der Waals surface area contributed by atoms with Crippen LogP contribution < -0.4 is 0 Å². The molecule has 0 aliphatic heterocycles. The average molecular weight is 241 g/mol. The Morgan fingerprint density at radius 1 is 1.23 bits per heavy atom. The Labute approximate surface area is 88.5 Å². The largest absolute Gasteiger partial charge is 0.505 e. The van der Waals surface area contributed by atoms with E-state index in [0.717, 1.165) is 6.07 Å². The lowest BCUT2D eigenvalue weighted by molar-refractivity contribution is 0.107. The SMILES string of the molecule is O=C(Cl)c1cc(Cl)c(O)c(Cl)c1O. The van der Waals surface area contributed by atoms with Crippen molar-refractivity contribution < 1.29 is 15.0 Å². The zero-order chi connectivity index (χ0) is 10.2. The van der Waals surface area contributed by atoms with Crippen LogP contribution in [0, 0.1) is 0 Å². The zero-order valence-electron chi connectivity index (χ0n) is 6.01. The molecule has 6 heteroatoms. The molecule has 0 radical (unpaired) electrons. The molecule has 0 aliphatic carbocycles. The summed E-state index contributed by atoms with van der Waals surface area (Å²) in [5.41, 5.74) is -0.241. The molecule has 3 nitrogen and oxygen atoms in total. The van der Waals surface area contributed by atoms with Crippen molar-refractivity contribution in [3.8, 4) is 11.5 Å². The number of hydrogen-bond acceptors (Lipinski definition) is 3. The lowest BCUT2D eigenvalue weighted by Gasteiger charge is -2.05. The van der Waals surface area contributed by atoms with E-state index in [1.165, 1.54) is 0 Å². The highest BCUT2D eigenvalue weighted by atomic mass is 35.5. The summed E-state index contributed by atoms with van der Waals surface area (Å²) in [5.74, 6) is -1.06. The third kappa shape index (κ3) is 1.82. The molecule has 1 aromatic carbocycles. The molecule has 0 saturated heterocycles. The number of carbonyl (C=O) groups is 1. The van der Waals surface area contributed by atoms with Gasteiger partial charge in [0, 0.05) is 0 Å². The van der Waals surface area contributed by atoms with Gasteiger partial charge in [-0.3, -0.25) is 4.79 Å². The van der Waals surface area contributed by atoms with Crippen molar-refractivity contribution >= 4 is 40.0 Å². The van der Waals surface area contributed by atoms with E-state index in [1.807, 2.05) is 0 Å². The molecule has 0 unspecified atom stereocenters. The number of phenolic OH excluding ortho intramolecular Hbond substituents is 2. The van der Waals surface area contributed by atoms with E-state index in [0.29, 0.717) is 0 Å². The Bertz CT molecular complexity index is 376. The summed E-state index contributed by atoms with van der Waals surface area (Å²) >= 11 is 16.0. The summed E-state index contributed by atoms with van der Waals surface area (Å²) in [6.07, 6.45) is 0. The molecule has 1 rings (SSSR count). The molecule has 0 atom stereocenters. The van der Waals surface area contributed by atoms with Gasteiger partial charge in [-0.05, 0) is 17.7 Å². The lowest BCUT2D eigenvalue weighted by atomic mass is 10.2. The Morgan fingerprint density at radius 3 is 2.23 bits per heavy atom. The summed E-state index contributed by atoms with van der Waals surface area (Å²) < 4.78 is 0. The number of phenols is 2. The van der Waals surface area contributed by atoms with E-state index in [2.05, 4.69) is 0 Å². The van der Waals surface area contributed by atoms with Crippen LogP contribution in [-0.4, -0.2) is 15.5 Å². The maximum atomic E-state index is 10.7. The fourth-order valence-corrected chi connectivity index (χ4v) is 1.35. The molecule has 1 aromatic rings. The van der Waals surface area contributed by atoms with Crippen LogP contribution in [0.4, 0.5) is 0 Å². The van der Waals surface area contributed by atoms with Gasteiger partial charge in [-0.15, -0.1) is 0 Å². The van der Waals surface area contributed by atoms with Gasteiger partial charge in [0.2, 0.25) is 0 Å². The van der Waals surface area contributed by atoms with Gasteiger partial charge in [0.1, 0.15) is 10.8 Å². The molecule has 2 N–H and O–H groups in total. The van der Waals surface area contributed by atoms with Crippen LogP contribution in [-0.2, 0) is 0 Å². The van der Waals surface area contributed by atoms with Gasteiger partial charge in [-0.25, -0.2) is 0 Å². The second-order valence-electron chi connectivity index (χ2n) is 2.19. The molecular formula is C7H3Cl3O3. The minimum atomic E-state index is -0.902. The zero-order valence-corrected chi connectivity index (χ0v) is 8.28. The molecule has 0 aromatic heterocycles. The van der Waals surface area contributed by atoms with Gasteiger partial charge in [0.05, 0.1) is 10.6 Å². The highest BCUT2D eigenvalue weighted by molar-refractivity contribution is 6.68. The smallest absolute Gasteiger partial charge is 0.256 e. The predicted molar refractivity (Wildman–Crippen MR) is 50.0 cm³/mol. The van der Waals surface area contributed by atoms with E-state index in [1.54, 1.807) is 0 Å². The van der Waals surface area contributed by atoms with Crippen molar-refractivity contribution in [2.24, 2.45) is 0 Å². The summed E-state index contributed by atoms with van der Waals surface area (Å²) in [7, 11) is 0. The molecule has 13 heavy (non-hydrogen) atoms. The average Bonchev–Trinajstić information content (AvgIpc) is 2.07. The maximum Gasteiger partial charge on any atom is 0.256 e. The maximum absolute atomic E-state index is 10.7. The van der Waals surface area contributed by atoms with E-state index in [4.69, 9.17) is 39.9 Å². The number of aromatic hydroxyl groups is 2. The number of halogens is 3. The van der Waals surface area contributed by atoms with Crippen LogP contribution in [0.25, 0.3) is 0 Å². The van der Waals surface area contributed by atoms with Crippen molar-refractivity contribution in [3.05, 3.63) is 21.7 Å². The van der Waals surface area contributed by atoms with Crippen molar-refractivity contribution in [2.45, 2.75) is 0 Å². The second kappa shape index (κ2) is 3.62. The van der Waals surface area contributed by atoms with Gasteiger partial charge >= 0.3 is 0 Å². The predicted octanol–water partition coefficient (Wildman–Crippen LogP) is 2.78. The molecule has 70 valence electrons. The first kappa shape index (κ1) is 10.4. The first-order valence-electron chi connectivity index (χ1n) is 3.05. The van der Waals surface area contributed by atoms with E-state index < -0.39 is 21.8 Å². The number of rotatable bonds is 1. The molecule has 0 saturated carbocycles. The molecular weight excluding hydrogens is 238 g/mol. The first-order valence-corrected chi connectivity index (χ1v) is 4.18. The standard InChI is InChI=1S/C7H3Cl3O3/c8-3-1-2(7(10)13)5(11)4(9)6(3)12/h1,11-12H. The summed E-state index contributed by atoms with van der Waals surface area (Å²) in [5, 5.41) is 16.9. The number of benzene rings is 1. The van der Waals surface area contributed by atoms with Crippen LogP contribution in [0.1, 0.15) is 10.4 Å². The molecule has 0 bridgehead atoms. The molecule has 0 spiro atoms. The van der Waals surface area contributed by atoms with E-state index in [-0.39, 0.29) is 10.6 Å². The van der Waals surface area contributed by atoms with Gasteiger partial charge in [0.25, 0.3) is 5.24 Å². The molecule has 0 aliphatic rings. The fraction of sp³-hybridized carbons (Fsp3) is 0. The Hall–Kier alpha value is -0.640. The minimum absolute atomic E-state index is 0.146. The van der Waals surface area contributed by atoms with Crippen LogP contribution in [0.3, 0.4) is 0 Å². The molecule has 0 fully saturated rings. The second-order valence-corrected chi connectivity index (χ2v) is 3.32. The minimum Gasteiger partial charge on any atom is -0.505 e. The topological polar surface area (TPSA) is 57.5 Å². The monoisotopic (exact) mass is 240 g/mol. The third-order valence-corrected chi connectivity index (χ3v) is 2.23. The summed E-state index contributed by atoms with van der Waals surface area (Å²) in [4.78, 5) is 10.7. The van der Waals surface area contributed by atoms with Gasteiger partial charge in [-0.1, -0.05) is 23.2 Å². The number of hydrogen-bond donors (Lipinski definition) is 2. The summed E-state index contributed by atoms with van der Waals surface area (Å²) in [6, 6.07) is 1.04. The summed E-state index contributed by atoms with van der Waals surface area (Å²) in [6.45, 7) is 0. The van der Waals surface area contributed by atoms with Gasteiger partial charge < -0.3 is 10.2 Å².